The summed E-state index contributed by atoms with van der Waals surface area (Å²) in [5.41, 5.74) is 2.85. The van der Waals surface area contributed by atoms with Crippen molar-refractivity contribution in [3.63, 3.8) is 0 Å². The van der Waals surface area contributed by atoms with Crippen LogP contribution in [0.1, 0.15) is 31.7 Å². The van der Waals surface area contributed by atoms with Crippen molar-refractivity contribution in [1.82, 2.24) is 9.80 Å². The standard InChI is InChI=1S/C23H27N3O2/c1-18(27)25(2)23-5-3-14-26(23)15-4-16-28-22-12-10-21(11-13-22)20-8-6-19(17-24)7-9-20/h6-13,23H,3-5,14-16H2,1-2H3. The lowest BCUT2D eigenvalue weighted by molar-refractivity contribution is -0.132. The fourth-order valence-electron chi connectivity index (χ4n) is 3.66. The summed E-state index contributed by atoms with van der Waals surface area (Å²) in [4.78, 5) is 15.8. The van der Waals surface area contributed by atoms with Crippen LogP contribution >= 0.6 is 0 Å². The SMILES string of the molecule is CC(=O)N(C)C1CCCN1CCCOc1ccc(-c2ccc(C#N)cc2)cc1. The second-order valence-corrected chi connectivity index (χ2v) is 7.20. The third kappa shape index (κ3) is 4.90. The number of hydrogen-bond acceptors (Lipinski definition) is 4. The second-order valence-electron chi connectivity index (χ2n) is 7.20. The highest BCUT2D eigenvalue weighted by Gasteiger charge is 2.28. The van der Waals surface area contributed by atoms with Crippen LogP contribution in [-0.4, -0.2) is 48.6 Å². The molecule has 0 bridgehead atoms. The van der Waals surface area contributed by atoms with Crippen molar-refractivity contribution in [3.8, 4) is 22.9 Å². The molecule has 5 nitrogen and oxygen atoms in total. The van der Waals surface area contributed by atoms with Crippen molar-refractivity contribution in [2.45, 2.75) is 32.4 Å². The number of hydrogen-bond donors (Lipinski definition) is 0. The van der Waals surface area contributed by atoms with E-state index in [0.717, 1.165) is 49.2 Å². The van der Waals surface area contributed by atoms with E-state index in [4.69, 9.17) is 10.00 Å². The minimum absolute atomic E-state index is 0.121. The Balaban J connectivity index is 1.46. The number of rotatable bonds is 7. The Bertz CT molecular complexity index is 824. The van der Waals surface area contributed by atoms with E-state index in [2.05, 4.69) is 11.0 Å². The Hall–Kier alpha value is -2.84. The van der Waals surface area contributed by atoms with Crippen LogP contribution in [0.25, 0.3) is 11.1 Å². The van der Waals surface area contributed by atoms with E-state index in [1.807, 2.05) is 60.5 Å². The van der Waals surface area contributed by atoms with Crippen LogP contribution in [0, 0.1) is 11.3 Å². The van der Waals surface area contributed by atoms with Gasteiger partial charge in [-0.1, -0.05) is 24.3 Å². The van der Waals surface area contributed by atoms with Crippen LogP contribution in [0.5, 0.6) is 5.75 Å². The molecular weight excluding hydrogens is 350 g/mol. The van der Waals surface area contributed by atoms with E-state index in [0.29, 0.717) is 12.2 Å². The summed E-state index contributed by atoms with van der Waals surface area (Å²) in [7, 11) is 1.89. The highest BCUT2D eigenvalue weighted by molar-refractivity contribution is 5.73. The van der Waals surface area contributed by atoms with Gasteiger partial charge in [0.1, 0.15) is 5.75 Å². The zero-order chi connectivity index (χ0) is 19.9. The predicted molar refractivity (Wildman–Crippen MR) is 110 cm³/mol. The lowest BCUT2D eigenvalue weighted by atomic mass is 10.0. The highest BCUT2D eigenvalue weighted by atomic mass is 16.5. The molecule has 0 saturated carbocycles. The summed E-state index contributed by atoms with van der Waals surface area (Å²) < 4.78 is 5.89. The topological polar surface area (TPSA) is 56.6 Å². The molecule has 1 atom stereocenters. The van der Waals surface area contributed by atoms with Gasteiger partial charge in [-0.2, -0.15) is 5.26 Å². The summed E-state index contributed by atoms with van der Waals surface area (Å²) >= 11 is 0. The van der Waals surface area contributed by atoms with Gasteiger partial charge in [0.25, 0.3) is 0 Å². The van der Waals surface area contributed by atoms with E-state index in [9.17, 15) is 4.79 Å². The number of likely N-dealkylation sites (tertiary alicyclic amines) is 1. The molecule has 2 aromatic carbocycles. The molecular formula is C23H27N3O2. The van der Waals surface area contributed by atoms with E-state index in [-0.39, 0.29) is 12.1 Å². The van der Waals surface area contributed by atoms with E-state index >= 15 is 0 Å². The molecule has 1 saturated heterocycles. The number of carbonyl (C=O) groups excluding carboxylic acids is 1. The maximum Gasteiger partial charge on any atom is 0.220 e. The molecule has 1 aliphatic rings. The molecule has 0 N–H and O–H groups in total. The molecule has 1 aliphatic heterocycles. The fraction of sp³-hybridized carbons (Fsp3) is 0.391. The number of ether oxygens (including phenoxy) is 1. The van der Waals surface area contributed by atoms with Crippen molar-refractivity contribution >= 4 is 5.91 Å². The maximum absolute atomic E-state index is 11.6. The third-order valence-corrected chi connectivity index (χ3v) is 5.33. The van der Waals surface area contributed by atoms with Crippen LogP contribution < -0.4 is 4.74 Å². The maximum atomic E-state index is 11.6. The molecule has 0 aliphatic carbocycles. The first-order valence-corrected chi connectivity index (χ1v) is 9.79. The Morgan fingerprint density at radius 1 is 1.18 bits per heavy atom. The van der Waals surface area contributed by atoms with E-state index in [1.165, 1.54) is 0 Å². The number of nitrogens with zero attached hydrogens (tertiary/aromatic N) is 3. The van der Waals surface area contributed by atoms with Gasteiger partial charge in [-0.3, -0.25) is 9.69 Å². The minimum Gasteiger partial charge on any atom is -0.494 e. The number of amides is 1. The van der Waals surface area contributed by atoms with E-state index < -0.39 is 0 Å². The third-order valence-electron chi connectivity index (χ3n) is 5.33. The molecule has 1 fully saturated rings. The molecule has 28 heavy (non-hydrogen) atoms. The van der Waals surface area contributed by atoms with Crippen molar-refractivity contribution in [2.24, 2.45) is 0 Å². The normalized spacial score (nSPS) is 16.5. The summed E-state index contributed by atoms with van der Waals surface area (Å²) in [6, 6.07) is 17.7. The van der Waals surface area contributed by atoms with Gasteiger partial charge in [-0.05, 0) is 54.7 Å². The zero-order valence-electron chi connectivity index (χ0n) is 16.6. The first-order chi connectivity index (χ1) is 13.6. The predicted octanol–water partition coefficient (Wildman–Crippen LogP) is 3.89. The smallest absolute Gasteiger partial charge is 0.220 e. The zero-order valence-corrected chi connectivity index (χ0v) is 16.6. The van der Waals surface area contributed by atoms with Crippen LogP contribution in [-0.2, 0) is 4.79 Å². The van der Waals surface area contributed by atoms with Crippen LogP contribution in [0.3, 0.4) is 0 Å². The van der Waals surface area contributed by atoms with Crippen LogP contribution in [0.2, 0.25) is 0 Å². The molecule has 0 spiro atoms. The van der Waals surface area contributed by atoms with Gasteiger partial charge in [0, 0.05) is 27.1 Å². The van der Waals surface area contributed by atoms with Crippen molar-refractivity contribution < 1.29 is 9.53 Å². The largest absolute Gasteiger partial charge is 0.494 e. The van der Waals surface area contributed by atoms with Crippen molar-refractivity contribution in [2.75, 3.05) is 26.7 Å². The average Bonchev–Trinajstić information content (AvgIpc) is 3.19. The highest BCUT2D eigenvalue weighted by Crippen LogP contribution is 2.23. The molecule has 146 valence electrons. The van der Waals surface area contributed by atoms with Crippen molar-refractivity contribution in [3.05, 3.63) is 54.1 Å². The van der Waals surface area contributed by atoms with E-state index in [1.54, 1.807) is 6.92 Å². The number of nitriles is 1. The van der Waals surface area contributed by atoms with Gasteiger partial charge in [0.2, 0.25) is 5.91 Å². The van der Waals surface area contributed by atoms with Gasteiger partial charge in [0.15, 0.2) is 0 Å². The lowest BCUT2D eigenvalue weighted by Crippen LogP contribution is -2.45. The first-order valence-electron chi connectivity index (χ1n) is 9.79. The molecule has 1 amide bonds. The molecule has 1 unspecified atom stereocenters. The quantitative estimate of drug-likeness (QED) is 0.687. The molecule has 0 radical (unpaired) electrons. The molecule has 5 heteroatoms. The molecule has 3 rings (SSSR count). The van der Waals surface area contributed by atoms with Crippen molar-refractivity contribution in [1.29, 1.82) is 5.26 Å². The average molecular weight is 377 g/mol. The molecule has 1 heterocycles. The number of benzene rings is 2. The Morgan fingerprint density at radius 2 is 1.82 bits per heavy atom. The summed E-state index contributed by atoms with van der Waals surface area (Å²) in [6.45, 7) is 4.26. The van der Waals surface area contributed by atoms with Gasteiger partial charge in [-0.15, -0.1) is 0 Å². The van der Waals surface area contributed by atoms with Crippen LogP contribution in [0.15, 0.2) is 48.5 Å². The summed E-state index contributed by atoms with van der Waals surface area (Å²) in [6.07, 6.45) is 3.34. The summed E-state index contributed by atoms with van der Waals surface area (Å²) in [5, 5.41) is 8.89. The fourth-order valence-corrected chi connectivity index (χ4v) is 3.66. The minimum atomic E-state index is 0.121. The summed E-state index contributed by atoms with van der Waals surface area (Å²) in [5.74, 6) is 0.978. The number of carbonyl (C=O) groups is 1. The Kier molecular flexibility index (Phi) is 6.67. The second kappa shape index (κ2) is 9.38. The molecule has 0 aromatic heterocycles. The first kappa shape index (κ1) is 19.9. The Labute approximate surface area is 167 Å². The van der Waals surface area contributed by atoms with Gasteiger partial charge >= 0.3 is 0 Å². The monoisotopic (exact) mass is 377 g/mol. The van der Waals surface area contributed by atoms with Crippen LogP contribution in [0.4, 0.5) is 0 Å². The van der Waals surface area contributed by atoms with Gasteiger partial charge < -0.3 is 9.64 Å². The molecule has 2 aromatic rings. The Morgan fingerprint density at radius 3 is 2.43 bits per heavy atom. The van der Waals surface area contributed by atoms with Gasteiger partial charge in [0.05, 0.1) is 24.4 Å². The lowest BCUT2D eigenvalue weighted by Gasteiger charge is -2.31. The van der Waals surface area contributed by atoms with Gasteiger partial charge in [-0.25, -0.2) is 0 Å².